The number of nitrogens with one attached hydrogen (secondary N) is 2. The summed E-state index contributed by atoms with van der Waals surface area (Å²) in [4.78, 5) is 18.2. The van der Waals surface area contributed by atoms with E-state index in [1.165, 1.54) is 12.1 Å². The van der Waals surface area contributed by atoms with Gasteiger partial charge in [-0.2, -0.15) is 0 Å². The molecule has 1 aliphatic heterocycles. The van der Waals surface area contributed by atoms with E-state index >= 15 is 0 Å². The molecule has 0 bridgehead atoms. The quantitative estimate of drug-likeness (QED) is 0.722. The third-order valence-corrected chi connectivity index (χ3v) is 4.52. The molecule has 0 aliphatic carbocycles. The monoisotopic (exact) mass is 335 g/mol. The number of carbonyl (C=O) groups is 1. The zero-order valence-corrected chi connectivity index (χ0v) is 14.0. The van der Waals surface area contributed by atoms with Gasteiger partial charge in [-0.3, -0.25) is 9.69 Å². The molecule has 5 heteroatoms. The number of fused-ring (bicyclic) bond motifs is 1. The molecule has 25 heavy (non-hydrogen) atoms. The van der Waals surface area contributed by atoms with E-state index in [1.807, 2.05) is 38.1 Å². The molecule has 0 unspecified atom stereocenters. The van der Waals surface area contributed by atoms with Gasteiger partial charge in [-0.1, -0.05) is 12.1 Å². The average molecular weight is 335 g/mol. The largest absolute Gasteiger partial charge is 0.362 e. The first-order valence-corrected chi connectivity index (χ1v) is 8.15. The number of amides is 1. The Balaban J connectivity index is 1.88. The lowest BCUT2D eigenvalue weighted by Gasteiger charge is -2.38. The van der Waals surface area contributed by atoms with Crippen LogP contribution in [0.4, 0.5) is 15.8 Å². The van der Waals surface area contributed by atoms with E-state index < -0.39 is 0 Å². The highest BCUT2D eigenvalue weighted by molar-refractivity contribution is 6.12. The highest BCUT2D eigenvalue weighted by Crippen LogP contribution is 2.37. The van der Waals surface area contributed by atoms with Crippen LogP contribution < -0.4 is 10.2 Å². The van der Waals surface area contributed by atoms with Gasteiger partial charge in [-0.15, -0.1) is 0 Å². The Bertz CT molecular complexity index is 946. The molecule has 1 atom stereocenters. The number of carbonyl (C=O) groups excluding carboxylic acids is 1. The van der Waals surface area contributed by atoms with Gasteiger partial charge in [0.05, 0.1) is 5.56 Å². The third kappa shape index (κ3) is 2.58. The number of aryl methyl sites for hydroxylation is 2. The minimum atomic E-state index is -0.363. The molecule has 0 saturated heterocycles. The summed E-state index contributed by atoms with van der Waals surface area (Å²) in [6.07, 6.45) is -0.363. The molecule has 1 aromatic heterocycles. The Kier molecular flexibility index (Phi) is 3.57. The number of para-hydroxylation sites is 1. The molecule has 0 radical (unpaired) electrons. The predicted molar refractivity (Wildman–Crippen MR) is 96.3 cm³/mol. The molecule has 0 fully saturated rings. The number of nitrogens with zero attached hydrogens (tertiary/aromatic N) is 1. The number of anilines is 2. The van der Waals surface area contributed by atoms with E-state index in [0.29, 0.717) is 11.3 Å². The van der Waals surface area contributed by atoms with Crippen molar-refractivity contribution in [1.82, 2.24) is 4.98 Å². The van der Waals surface area contributed by atoms with Crippen LogP contribution in [0.15, 0.2) is 54.6 Å². The molecule has 2 heterocycles. The van der Waals surface area contributed by atoms with Crippen molar-refractivity contribution >= 4 is 17.3 Å². The summed E-state index contributed by atoms with van der Waals surface area (Å²) in [5.74, 6) is -0.434. The second-order valence-corrected chi connectivity index (χ2v) is 6.28. The van der Waals surface area contributed by atoms with Gasteiger partial charge in [0, 0.05) is 28.3 Å². The fourth-order valence-electron chi connectivity index (χ4n) is 3.37. The maximum atomic E-state index is 13.4. The lowest BCUT2D eigenvalue weighted by Crippen LogP contribution is -2.43. The van der Waals surface area contributed by atoms with E-state index in [4.69, 9.17) is 0 Å². The molecule has 4 nitrogen and oxygen atoms in total. The minimum absolute atomic E-state index is 0.107. The molecule has 2 aromatic carbocycles. The summed E-state index contributed by atoms with van der Waals surface area (Å²) >= 11 is 0. The number of aromatic amines is 1. The van der Waals surface area contributed by atoms with Crippen LogP contribution in [0.2, 0.25) is 0 Å². The van der Waals surface area contributed by atoms with Crippen molar-refractivity contribution in [2.24, 2.45) is 0 Å². The number of hydrogen-bond acceptors (Lipinski definition) is 2. The number of benzene rings is 2. The summed E-state index contributed by atoms with van der Waals surface area (Å²) in [5.41, 5.74) is 5.07. The van der Waals surface area contributed by atoms with E-state index in [0.717, 1.165) is 22.6 Å². The fraction of sp³-hybridized carbons (Fsp3) is 0.150. The zero-order chi connectivity index (χ0) is 17.6. The van der Waals surface area contributed by atoms with Gasteiger partial charge in [0.2, 0.25) is 0 Å². The summed E-state index contributed by atoms with van der Waals surface area (Å²) in [6, 6.07) is 15.5. The first-order chi connectivity index (χ1) is 12.0. The number of halogens is 1. The van der Waals surface area contributed by atoms with E-state index in [2.05, 4.69) is 10.3 Å². The Hall–Kier alpha value is -3.08. The molecular formula is C20H18FN3O. The molecular weight excluding hydrogens is 317 g/mol. The van der Waals surface area contributed by atoms with Crippen molar-refractivity contribution in [3.8, 4) is 0 Å². The smallest absolute Gasteiger partial charge is 0.262 e. The normalized spacial score (nSPS) is 16.5. The molecule has 126 valence electrons. The molecule has 0 spiro atoms. The van der Waals surface area contributed by atoms with Gasteiger partial charge in [0.15, 0.2) is 0 Å². The summed E-state index contributed by atoms with van der Waals surface area (Å²) in [6.45, 7) is 3.97. The first-order valence-electron chi connectivity index (χ1n) is 8.15. The molecule has 0 saturated carbocycles. The van der Waals surface area contributed by atoms with Crippen LogP contribution in [0.1, 0.15) is 33.5 Å². The average Bonchev–Trinajstić information content (AvgIpc) is 2.94. The Morgan fingerprint density at radius 2 is 1.76 bits per heavy atom. The first kappa shape index (κ1) is 15.4. The second kappa shape index (κ2) is 5.77. The van der Waals surface area contributed by atoms with E-state index in [9.17, 15) is 9.18 Å². The molecule has 4 rings (SSSR count). The van der Waals surface area contributed by atoms with Crippen molar-refractivity contribution in [3.05, 3.63) is 82.9 Å². The van der Waals surface area contributed by atoms with Crippen LogP contribution in [-0.2, 0) is 0 Å². The number of hydrogen-bond donors (Lipinski definition) is 2. The van der Waals surface area contributed by atoms with Crippen molar-refractivity contribution in [2.45, 2.75) is 20.0 Å². The fourth-order valence-corrected chi connectivity index (χ4v) is 3.37. The van der Waals surface area contributed by atoms with E-state index in [1.54, 1.807) is 23.1 Å². The van der Waals surface area contributed by atoms with Crippen molar-refractivity contribution in [1.29, 1.82) is 0 Å². The number of H-pyrrole nitrogens is 1. The van der Waals surface area contributed by atoms with Crippen molar-refractivity contribution < 1.29 is 9.18 Å². The topological polar surface area (TPSA) is 48.1 Å². The van der Waals surface area contributed by atoms with Gasteiger partial charge >= 0.3 is 0 Å². The highest BCUT2D eigenvalue weighted by Gasteiger charge is 2.35. The zero-order valence-electron chi connectivity index (χ0n) is 14.0. The van der Waals surface area contributed by atoms with Gasteiger partial charge in [0.25, 0.3) is 5.91 Å². The Morgan fingerprint density at radius 1 is 1.04 bits per heavy atom. The summed E-state index contributed by atoms with van der Waals surface area (Å²) in [7, 11) is 0. The molecule has 2 N–H and O–H groups in total. The van der Waals surface area contributed by atoms with Crippen LogP contribution in [0.3, 0.4) is 0 Å². The Morgan fingerprint density at radius 3 is 2.44 bits per heavy atom. The second-order valence-electron chi connectivity index (χ2n) is 6.28. The maximum absolute atomic E-state index is 13.4. The minimum Gasteiger partial charge on any atom is -0.362 e. The maximum Gasteiger partial charge on any atom is 0.262 e. The van der Waals surface area contributed by atoms with Crippen molar-refractivity contribution in [3.63, 3.8) is 0 Å². The van der Waals surface area contributed by atoms with Gasteiger partial charge in [-0.25, -0.2) is 4.39 Å². The van der Waals surface area contributed by atoms with Crippen LogP contribution in [0, 0.1) is 19.7 Å². The van der Waals surface area contributed by atoms with Crippen LogP contribution in [-0.4, -0.2) is 10.9 Å². The number of aromatic nitrogens is 1. The van der Waals surface area contributed by atoms with Gasteiger partial charge in [-0.05, 0) is 56.3 Å². The molecule has 1 amide bonds. The summed E-state index contributed by atoms with van der Waals surface area (Å²) in [5, 5.41) is 3.45. The van der Waals surface area contributed by atoms with Crippen LogP contribution in [0.25, 0.3) is 0 Å². The van der Waals surface area contributed by atoms with Crippen LogP contribution >= 0.6 is 0 Å². The van der Waals surface area contributed by atoms with Gasteiger partial charge in [0.1, 0.15) is 12.0 Å². The lowest BCUT2D eigenvalue weighted by molar-refractivity contribution is 0.0975. The lowest BCUT2D eigenvalue weighted by atomic mass is 10.0. The summed E-state index contributed by atoms with van der Waals surface area (Å²) < 4.78 is 13.4. The van der Waals surface area contributed by atoms with Gasteiger partial charge < -0.3 is 10.3 Å². The Labute approximate surface area is 145 Å². The molecule has 1 aliphatic rings. The van der Waals surface area contributed by atoms with E-state index in [-0.39, 0.29) is 17.9 Å². The highest BCUT2D eigenvalue weighted by atomic mass is 19.1. The van der Waals surface area contributed by atoms with Crippen LogP contribution in [0.5, 0.6) is 0 Å². The number of rotatable bonds is 2. The van der Waals surface area contributed by atoms with Crippen molar-refractivity contribution in [2.75, 3.05) is 10.2 Å². The standard InChI is InChI=1S/C20H18FN3O/c1-12-11-17(13(2)22-12)19-23-18-6-4-3-5-16(18)20(25)24(19)15-9-7-14(21)8-10-15/h3-11,19,22-23H,1-2H3/t19-/m0/s1. The third-order valence-electron chi connectivity index (χ3n) is 4.52. The SMILES string of the molecule is Cc1cc([C@H]2Nc3ccccc3C(=O)N2c2ccc(F)cc2)c(C)[nH]1. The molecule has 3 aromatic rings. The predicted octanol–water partition coefficient (Wildman–Crippen LogP) is 4.54.